The van der Waals surface area contributed by atoms with Gasteiger partial charge in [-0.2, -0.15) is 5.10 Å². The molecule has 0 radical (unpaired) electrons. The van der Waals surface area contributed by atoms with Crippen LogP contribution in [0.15, 0.2) is 11.0 Å². The molecular formula is C13H21ClN4O3. The van der Waals surface area contributed by atoms with Gasteiger partial charge >= 0.3 is 0 Å². The molecule has 0 saturated heterocycles. The maximum absolute atomic E-state index is 11.8. The topological polar surface area (TPSA) is 96.2 Å². The molecule has 0 fully saturated rings. The number of nitrogens with zero attached hydrogens (tertiary/aromatic N) is 2. The van der Waals surface area contributed by atoms with Gasteiger partial charge in [-0.15, -0.1) is 0 Å². The molecule has 1 amide bonds. The Kier molecular flexibility index (Phi) is 7.18. The van der Waals surface area contributed by atoms with E-state index in [1.807, 2.05) is 13.8 Å². The highest BCUT2D eigenvalue weighted by Gasteiger charge is 2.09. The monoisotopic (exact) mass is 316 g/mol. The number of hydrogen-bond donors (Lipinski definition) is 3. The molecule has 0 atom stereocenters. The Balaban J connectivity index is 2.51. The van der Waals surface area contributed by atoms with E-state index in [9.17, 15) is 9.59 Å². The van der Waals surface area contributed by atoms with Crippen LogP contribution in [0, 0.1) is 5.92 Å². The third-order valence-corrected chi connectivity index (χ3v) is 3.04. The van der Waals surface area contributed by atoms with E-state index >= 15 is 0 Å². The summed E-state index contributed by atoms with van der Waals surface area (Å²) in [6.45, 7) is 4.94. The molecule has 1 aromatic rings. The molecular weight excluding hydrogens is 296 g/mol. The van der Waals surface area contributed by atoms with E-state index in [1.54, 1.807) is 0 Å². The third-order valence-electron chi connectivity index (χ3n) is 2.67. The van der Waals surface area contributed by atoms with Gasteiger partial charge in [0.05, 0.1) is 25.0 Å². The Morgan fingerprint density at radius 2 is 2.24 bits per heavy atom. The van der Waals surface area contributed by atoms with Crippen molar-refractivity contribution in [2.45, 2.75) is 26.8 Å². The van der Waals surface area contributed by atoms with Gasteiger partial charge in [0.25, 0.3) is 5.56 Å². The van der Waals surface area contributed by atoms with Crippen LogP contribution in [-0.4, -0.2) is 40.5 Å². The van der Waals surface area contributed by atoms with Gasteiger partial charge in [-0.3, -0.25) is 9.59 Å². The second-order valence-electron chi connectivity index (χ2n) is 5.00. The molecule has 7 nitrogen and oxygen atoms in total. The van der Waals surface area contributed by atoms with Crippen LogP contribution < -0.4 is 16.2 Å². The maximum atomic E-state index is 11.8. The summed E-state index contributed by atoms with van der Waals surface area (Å²) in [5.41, 5.74) is -0.0903. The number of amides is 1. The van der Waals surface area contributed by atoms with Crippen LogP contribution in [0.25, 0.3) is 0 Å². The van der Waals surface area contributed by atoms with E-state index in [4.69, 9.17) is 16.7 Å². The average molecular weight is 317 g/mol. The fourth-order valence-electron chi connectivity index (χ4n) is 1.56. The van der Waals surface area contributed by atoms with Crippen LogP contribution in [0.2, 0.25) is 5.02 Å². The Hall–Kier alpha value is -1.60. The SMILES string of the molecule is CC(C)CNC(=O)CCNc1cnn(CCO)c(=O)c1Cl. The van der Waals surface area contributed by atoms with Gasteiger partial charge in [0.1, 0.15) is 5.02 Å². The molecule has 21 heavy (non-hydrogen) atoms. The first kappa shape index (κ1) is 17.5. The molecule has 3 N–H and O–H groups in total. The lowest BCUT2D eigenvalue weighted by Gasteiger charge is -2.10. The van der Waals surface area contributed by atoms with Crippen molar-refractivity contribution >= 4 is 23.2 Å². The summed E-state index contributed by atoms with van der Waals surface area (Å²) in [6, 6.07) is 0. The van der Waals surface area contributed by atoms with Gasteiger partial charge in [-0.05, 0) is 5.92 Å². The number of halogens is 1. The van der Waals surface area contributed by atoms with E-state index in [-0.39, 0.29) is 30.5 Å². The first-order valence-corrected chi connectivity index (χ1v) is 7.20. The number of aliphatic hydroxyl groups excluding tert-OH is 1. The van der Waals surface area contributed by atoms with Crippen molar-refractivity contribution in [3.05, 3.63) is 21.6 Å². The number of carbonyl (C=O) groups is 1. The first-order valence-electron chi connectivity index (χ1n) is 6.82. The number of aliphatic hydroxyl groups is 1. The minimum atomic E-state index is -0.472. The minimum absolute atomic E-state index is 0.000962. The van der Waals surface area contributed by atoms with Crippen molar-refractivity contribution in [1.82, 2.24) is 15.1 Å². The lowest BCUT2D eigenvalue weighted by Crippen LogP contribution is -2.29. The van der Waals surface area contributed by atoms with Crippen LogP contribution in [0.4, 0.5) is 5.69 Å². The lowest BCUT2D eigenvalue weighted by molar-refractivity contribution is -0.120. The Morgan fingerprint density at radius 3 is 2.86 bits per heavy atom. The molecule has 0 aliphatic heterocycles. The molecule has 118 valence electrons. The highest BCUT2D eigenvalue weighted by atomic mass is 35.5. The van der Waals surface area contributed by atoms with Crippen LogP contribution in [-0.2, 0) is 11.3 Å². The first-order chi connectivity index (χ1) is 9.95. The predicted octanol–water partition coefficient (Wildman–Crippen LogP) is 0.463. The summed E-state index contributed by atoms with van der Waals surface area (Å²) >= 11 is 5.93. The van der Waals surface area contributed by atoms with E-state index in [2.05, 4.69) is 15.7 Å². The van der Waals surface area contributed by atoms with Crippen LogP contribution in [0.3, 0.4) is 0 Å². The van der Waals surface area contributed by atoms with E-state index in [0.29, 0.717) is 24.7 Å². The Morgan fingerprint density at radius 1 is 1.52 bits per heavy atom. The normalized spacial score (nSPS) is 10.7. The zero-order chi connectivity index (χ0) is 15.8. The number of hydrogen-bond acceptors (Lipinski definition) is 5. The molecule has 0 spiro atoms. The van der Waals surface area contributed by atoms with E-state index < -0.39 is 5.56 Å². The minimum Gasteiger partial charge on any atom is -0.394 e. The number of rotatable bonds is 8. The molecule has 0 bridgehead atoms. The number of nitrogens with one attached hydrogen (secondary N) is 2. The number of aromatic nitrogens is 2. The van der Waals surface area contributed by atoms with Gasteiger partial charge in [0.15, 0.2) is 0 Å². The molecule has 0 saturated carbocycles. The van der Waals surface area contributed by atoms with Crippen molar-refractivity contribution in [2.75, 3.05) is 25.0 Å². The second-order valence-corrected chi connectivity index (χ2v) is 5.38. The average Bonchev–Trinajstić information content (AvgIpc) is 2.44. The molecule has 8 heteroatoms. The molecule has 0 aliphatic carbocycles. The largest absolute Gasteiger partial charge is 0.394 e. The van der Waals surface area contributed by atoms with Crippen molar-refractivity contribution in [2.24, 2.45) is 5.92 Å². The van der Waals surface area contributed by atoms with Crippen LogP contribution >= 0.6 is 11.6 Å². The standard InChI is InChI=1S/C13H21ClN4O3/c1-9(2)7-16-11(20)3-4-15-10-8-17-18(5-6-19)13(21)12(10)14/h8-9,15,19H,3-7H2,1-2H3,(H,16,20). The summed E-state index contributed by atoms with van der Waals surface area (Å²) in [7, 11) is 0. The summed E-state index contributed by atoms with van der Waals surface area (Å²) < 4.78 is 1.09. The maximum Gasteiger partial charge on any atom is 0.287 e. The molecule has 1 aromatic heterocycles. The van der Waals surface area contributed by atoms with Gasteiger partial charge in [-0.1, -0.05) is 25.4 Å². The highest BCUT2D eigenvalue weighted by Crippen LogP contribution is 2.14. The van der Waals surface area contributed by atoms with E-state index in [1.165, 1.54) is 6.20 Å². The molecule has 0 aromatic carbocycles. The van der Waals surface area contributed by atoms with Crippen molar-refractivity contribution in [1.29, 1.82) is 0 Å². The zero-order valence-corrected chi connectivity index (χ0v) is 13.0. The highest BCUT2D eigenvalue weighted by molar-refractivity contribution is 6.32. The van der Waals surface area contributed by atoms with Gasteiger partial charge < -0.3 is 15.7 Å². The molecule has 1 heterocycles. The van der Waals surface area contributed by atoms with Gasteiger partial charge in [0, 0.05) is 19.5 Å². The fourth-order valence-corrected chi connectivity index (χ4v) is 1.77. The summed E-state index contributed by atoms with van der Waals surface area (Å²) in [4.78, 5) is 23.3. The smallest absolute Gasteiger partial charge is 0.287 e. The Bertz CT molecular complexity index is 531. The predicted molar refractivity (Wildman–Crippen MR) is 81.5 cm³/mol. The van der Waals surface area contributed by atoms with Crippen molar-refractivity contribution < 1.29 is 9.90 Å². The van der Waals surface area contributed by atoms with Crippen molar-refractivity contribution in [3.8, 4) is 0 Å². The summed E-state index contributed by atoms with van der Waals surface area (Å²) in [6.07, 6.45) is 1.69. The second kappa shape index (κ2) is 8.63. The summed E-state index contributed by atoms with van der Waals surface area (Å²) in [5.74, 6) is 0.341. The fraction of sp³-hybridized carbons (Fsp3) is 0.615. The zero-order valence-electron chi connectivity index (χ0n) is 12.2. The summed E-state index contributed by atoms with van der Waals surface area (Å²) in [5, 5.41) is 18.4. The molecule has 0 unspecified atom stereocenters. The van der Waals surface area contributed by atoms with Crippen LogP contribution in [0.1, 0.15) is 20.3 Å². The molecule has 1 rings (SSSR count). The van der Waals surface area contributed by atoms with Gasteiger partial charge in [-0.25, -0.2) is 4.68 Å². The van der Waals surface area contributed by atoms with Crippen LogP contribution in [0.5, 0.6) is 0 Å². The quantitative estimate of drug-likeness (QED) is 0.647. The molecule has 0 aliphatic rings. The Labute approximate surface area is 128 Å². The van der Waals surface area contributed by atoms with Gasteiger partial charge in [0.2, 0.25) is 5.91 Å². The van der Waals surface area contributed by atoms with Crippen molar-refractivity contribution in [3.63, 3.8) is 0 Å². The number of carbonyl (C=O) groups excluding carboxylic acids is 1. The number of anilines is 1. The lowest BCUT2D eigenvalue weighted by atomic mass is 10.2. The third kappa shape index (κ3) is 5.73. The van der Waals surface area contributed by atoms with E-state index in [0.717, 1.165) is 4.68 Å².